The summed E-state index contributed by atoms with van der Waals surface area (Å²) in [6.45, 7) is 0.877. The summed E-state index contributed by atoms with van der Waals surface area (Å²) in [5.41, 5.74) is 3.26. The van der Waals surface area contributed by atoms with Crippen LogP contribution in [0.2, 0.25) is 0 Å². The van der Waals surface area contributed by atoms with Crippen molar-refractivity contribution in [3.05, 3.63) is 40.5 Å². The summed E-state index contributed by atoms with van der Waals surface area (Å²) in [6.07, 6.45) is 2.62. The first-order chi connectivity index (χ1) is 8.33. The van der Waals surface area contributed by atoms with E-state index < -0.39 is 0 Å². The fraction of sp³-hybridized carbons (Fsp3) is 0.308. The van der Waals surface area contributed by atoms with Gasteiger partial charge in [-0.2, -0.15) is 5.10 Å². The molecule has 3 nitrogen and oxygen atoms in total. The largest absolute Gasteiger partial charge is 0.308 e. The lowest BCUT2D eigenvalue weighted by atomic mass is 10.1. The molecule has 1 aliphatic carbocycles. The Hall–Kier alpha value is -1.13. The third kappa shape index (κ3) is 2.58. The number of hydrogen-bond donors (Lipinski definition) is 2. The third-order valence-corrected chi connectivity index (χ3v) is 3.63. The molecule has 3 rings (SSSR count). The highest BCUT2D eigenvalue weighted by atomic mass is 79.9. The Morgan fingerprint density at radius 2 is 2.18 bits per heavy atom. The molecule has 1 heterocycles. The minimum atomic E-state index is 0.727. The molecule has 2 aromatic rings. The standard InChI is InChI=1S/C13H14BrN3/c14-12-4-2-1-3-11(12)13-7-10(16-17-13)8-15-9-5-6-9/h1-4,7,9,15H,5-6,8H2,(H,16,17). The number of rotatable bonds is 4. The number of halogens is 1. The molecular formula is C13H14BrN3. The zero-order valence-corrected chi connectivity index (χ0v) is 11.0. The van der Waals surface area contributed by atoms with Crippen molar-refractivity contribution in [2.75, 3.05) is 0 Å². The SMILES string of the molecule is Brc1ccccc1-c1cc(CNC2CC2)[nH]n1. The van der Waals surface area contributed by atoms with E-state index in [1.54, 1.807) is 0 Å². The van der Waals surface area contributed by atoms with Crippen LogP contribution in [0.25, 0.3) is 11.3 Å². The van der Waals surface area contributed by atoms with Gasteiger partial charge in [0.15, 0.2) is 0 Å². The number of benzene rings is 1. The maximum Gasteiger partial charge on any atom is 0.0935 e. The van der Waals surface area contributed by atoms with Crippen molar-refractivity contribution >= 4 is 15.9 Å². The summed E-state index contributed by atoms with van der Waals surface area (Å²) < 4.78 is 1.08. The fourth-order valence-corrected chi connectivity index (χ4v) is 2.29. The van der Waals surface area contributed by atoms with Crippen LogP contribution in [-0.4, -0.2) is 16.2 Å². The lowest BCUT2D eigenvalue weighted by molar-refractivity contribution is 0.672. The van der Waals surface area contributed by atoms with Gasteiger partial charge in [0.25, 0.3) is 0 Å². The first-order valence-electron chi connectivity index (χ1n) is 5.85. The van der Waals surface area contributed by atoms with Crippen LogP contribution in [0.15, 0.2) is 34.8 Å². The predicted octanol–water partition coefficient (Wildman–Crippen LogP) is 3.09. The molecule has 0 aliphatic heterocycles. The second-order valence-corrected chi connectivity index (χ2v) is 5.27. The van der Waals surface area contributed by atoms with Crippen molar-refractivity contribution in [1.82, 2.24) is 15.5 Å². The van der Waals surface area contributed by atoms with Gasteiger partial charge < -0.3 is 5.32 Å². The highest BCUT2D eigenvalue weighted by Crippen LogP contribution is 2.26. The molecule has 0 radical (unpaired) electrons. The zero-order valence-electron chi connectivity index (χ0n) is 9.41. The second-order valence-electron chi connectivity index (χ2n) is 4.41. The van der Waals surface area contributed by atoms with Crippen molar-refractivity contribution in [3.63, 3.8) is 0 Å². The Bertz CT molecular complexity index is 517. The molecule has 1 aromatic heterocycles. The van der Waals surface area contributed by atoms with E-state index in [9.17, 15) is 0 Å². The van der Waals surface area contributed by atoms with Crippen molar-refractivity contribution in [3.8, 4) is 11.3 Å². The quantitative estimate of drug-likeness (QED) is 0.909. The summed E-state index contributed by atoms with van der Waals surface area (Å²) in [4.78, 5) is 0. The number of aromatic amines is 1. The Balaban J connectivity index is 1.77. The van der Waals surface area contributed by atoms with E-state index in [-0.39, 0.29) is 0 Å². The number of H-pyrrole nitrogens is 1. The molecule has 0 amide bonds. The Morgan fingerprint density at radius 1 is 1.35 bits per heavy atom. The van der Waals surface area contributed by atoms with Gasteiger partial charge in [0, 0.05) is 28.3 Å². The van der Waals surface area contributed by atoms with Crippen molar-refractivity contribution in [2.24, 2.45) is 0 Å². The maximum atomic E-state index is 4.35. The van der Waals surface area contributed by atoms with E-state index >= 15 is 0 Å². The van der Waals surface area contributed by atoms with E-state index in [2.05, 4.69) is 43.6 Å². The molecule has 1 aliphatic rings. The van der Waals surface area contributed by atoms with Crippen LogP contribution >= 0.6 is 15.9 Å². The first kappa shape index (κ1) is 11.0. The average Bonchev–Trinajstić information content (AvgIpc) is 3.06. The molecule has 2 N–H and O–H groups in total. The minimum absolute atomic E-state index is 0.727. The van der Waals surface area contributed by atoms with E-state index in [4.69, 9.17) is 0 Å². The topological polar surface area (TPSA) is 40.7 Å². The van der Waals surface area contributed by atoms with Crippen LogP contribution in [0.3, 0.4) is 0 Å². The molecule has 1 saturated carbocycles. The van der Waals surface area contributed by atoms with Gasteiger partial charge in [-0.1, -0.05) is 34.1 Å². The maximum absolute atomic E-state index is 4.35. The van der Waals surface area contributed by atoms with E-state index in [1.807, 2.05) is 18.2 Å². The van der Waals surface area contributed by atoms with Crippen LogP contribution in [0, 0.1) is 0 Å². The summed E-state index contributed by atoms with van der Waals surface area (Å²) in [7, 11) is 0. The van der Waals surface area contributed by atoms with Gasteiger partial charge in [0.05, 0.1) is 5.69 Å². The molecule has 0 bridgehead atoms. The van der Waals surface area contributed by atoms with E-state index in [0.717, 1.165) is 34.0 Å². The molecule has 1 aromatic carbocycles. The van der Waals surface area contributed by atoms with E-state index in [0.29, 0.717) is 0 Å². The number of nitrogens with zero attached hydrogens (tertiary/aromatic N) is 1. The smallest absolute Gasteiger partial charge is 0.0935 e. The molecule has 88 valence electrons. The second kappa shape index (κ2) is 4.63. The third-order valence-electron chi connectivity index (χ3n) is 2.94. The van der Waals surface area contributed by atoms with Gasteiger partial charge >= 0.3 is 0 Å². The molecule has 0 spiro atoms. The van der Waals surface area contributed by atoms with Crippen molar-refractivity contribution < 1.29 is 0 Å². The van der Waals surface area contributed by atoms with Gasteiger partial charge in [0.1, 0.15) is 0 Å². The minimum Gasteiger partial charge on any atom is -0.308 e. The Labute approximate surface area is 109 Å². The molecule has 4 heteroatoms. The first-order valence-corrected chi connectivity index (χ1v) is 6.65. The van der Waals surface area contributed by atoms with Gasteiger partial charge in [0.2, 0.25) is 0 Å². The average molecular weight is 292 g/mol. The van der Waals surface area contributed by atoms with Crippen LogP contribution in [0.4, 0.5) is 0 Å². The Morgan fingerprint density at radius 3 is 2.94 bits per heavy atom. The van der Waals surface area contributed by atoms with Gasteiger partial charge in [-0.25, -0.2) is 0 Å². The van der Waals surface area contributed by atoms with Crippen LogP contribution in [-0.2, 0) is 6.54 Å². The molecule has 1 fully saturated rings. The van der Waals surface area contributed by atoms with Gasteiger partial charge in [-0.3, -0.25) is 5.10 Å². The van der Waals surface area contributed by atoms with E-state index in [1.165, 1.54) is 12.8 Å². The molecule has 0 atom stereocenters. The fourth-order valence-electron chi connectivity index (χ4n) is 1.80. The van der Waals surface area contributed by atoms with Crippen LogP contribution < -0.4 is 5.32 Å². The summed E-state index contributed by atoms with van der Waals surface area (Å²) in [5, 5.41) is 10.9. The summed E-state index contributed by atoms with van der Waals surface area (Å²) >= 11 is 3.54. The predicted molar refractivity (Wildman–Crippen MR) is 71.6 cm³/mol. The van der Waals surface area contributed by atoms with Crippen molar-refractivity contribution in [1.29, 1.82) is 0 Å². The Kier molecular flexibility index (Phi) is 2.99. The number of nitrogens with one attached hydrogen (secondary N) is 2. The molecular weight excluding hydrogens is 278 g/mol. The normalized spacial score (nSPS) is 15.1. The number of hydrogen-bond acceptors (Lipinski definition) is 2. The van der Waals surface area contributed by atoms with Gasteiger partial charge in [-0.05, 0) is 25.0 Å². The number of aromatic nitrogens is 2. The highest BCUT2D eigenvalue weighted by Gasteiger charge is 2.20. The highest BCUT2D eigenvalue weighted by molar-refractivity contribution is 9.10. The lowest BCUT2D eigenvalue weighted by Crippen LogP contribution is -2.15. The van der Waals surface area contributed by atoms with Gasteiger partial charge in [-0.15, -0.1) is 0 Å². The molecule has 17 heavy (non-hydrogen) atoms. The summed E-state index contributed by atoms with van der Waals surface area (Å²) in [5.74, 6) is 0. The van der Waals surface area contributed by atoms with Crippen LogP contribution in [0.1, 0.15) is 18.5 Å². The summed E-state index contributed by atoms with van der Waals surface area (Å²) in [6, 6.07) is 11.0. The molecule has 0 saturated heterocycles. The lowest BCUT2D eigenvalue weighted by Gasteiger charge is -1.99. The zero-order chi connectivity index (χ0) is 11.7. The van der Waals surface area contributed by atoms with Crippen LogP contribution in [0.5, 0.6) is 0 Å². The van der Waals surface area contributed by atoms with Crippen molar-refractivity contribution in [2.45, 2.75) is 25.4 Å². The monoisotopic (exact) mass is 291 g/mol. The molecule has 0 unspecified atom stereocenters.